The molecule has 1 nitrogen and oxygen atoms in total. The van der Waals surface area contributed by atoms with Gasteiger partial charge in [-0.05, 0) is 12.0 Å². The SMILES string of the molecule is CCCC([O])c1ccc(C(F)(F)C(F)(F)F)cc1. The summed E-state index contributed by atoms with van der Waals surface area (Å²) >= 11 is 0. The molecule has 1 unspecified atom stereocenters. The average Bonchev–Trinajstić information content (AvgIpc) is 2.28. The van der Waals surface area contributed by atoms with E-state index in [1.807, 2.05) is 0 Å². The van der Waals surface area contributed by atoms with Gasteiger partial charge >= 0.3 is 12.1 Å². The predicted octanol–water partition coefficient (Wildman–Crippen LogP) is 4.61. The zero-order valence-electron chi connectivity index (χ0n) is 9.60. The van der Waals surface area contributed by atoms with Crippen molar-refractivity contribution in [2.75, 3.05) is 0 Å². The van der Waals surface area contributed by atoms with Gasteiger partial charge in [-0.3, -0.25) is 0 Å². The number of hydrogen-bond acceptors (Lipinski definition) is 0. The fourth-order valence-corrected chi connectivity index (χ4v) is 1.50. The van der Waals surface area contributed by atoms with Crippen molar-refractivity contribution in [2.45, 2.75) is 38.0 Å². The molecule has 1 aromatic carbocycles. The van der Waals surface area contributed by atoms with Crippen LogP contribution >= 0.6 is 0 Å². The van der Waals surface area contributed by atoms with Crippen molar-refractivity contribution in [1.29, 1.82) is 0 Å². The van der Waals surface area contributed by atoms with Gasteiger partial charge in [0.25, 0.3) is 0 Å². The minimum Gasteiger partial charge on any atom is -0.228 e. The molecular weight excluding hydrogens is 255 g/mol. The zero-order valence-corrected chi connectivity index (χ0v) is 9.60. The average molecular weight is 267 g/mol. The van der Waals surface area contributed by atoms with Crippen molar-refractivity contribution in [2.24, 2.45) is 0 Å². The minimum absolute atomic E-state index is 0.221. The van der Waals surface area contributed by atoms with Crippen molar-refractivity contribution in [3.63, 3.8) is 0 Å². The van der Waals surface area contributed by atoms with Crippen LogP contribution in [-0.4, -0.2) is 6.18 Å². The number of hydrogen-bond donors (Lipinski definition) is 0. The van der Waals surface area contributed by atoms with Crippen molar-refractivity contribution < 1.29 is 27.1 Å². The zero-order chi connectivity index (χ0) is 14.0. The molecule has 0 fully saturated rings. The van der Waals surface area contributed by atoms with E-state index >= 15 is 0 Å². The number of benzene rings is 1. The summed E-state index contributed by atoms with van der Waals surface area (Å²) in [5.41, 5.74) is -0.930. The van der Waals surface area contributed by atoms with Crippen LogP contribution in [0.4, 0.5) is 22.0 Å². The lowest BCUT2D eigenvalue weighted by Crippen LogP contribution is -2.33. The van der Waals surface area contributed by atoms with E-state index in [-0.39, 0.29) is 5.56 Å². The van der Waals surface area contributed by atoms with Crippen LogP contribution in [0.2, 0.25) is 0 Å². The lowest BCUT2D eigenvalue weighted by molar-refractivity contribution is -0.289. The highest BCUT2D eigenvalue weighted by molar-refractivity contribution is 5.28. The molecule has 18 heavy (non-hydrogen) atoms. The highest BCUT2D eigenvalue weighted by Gasteiger charge is 2.58. The number of halogens is 5. The van der Waals surface area contributed by atoms with Crippen molar-refractivity contribution in [1.82, 2.24) is 0 Å². The van der Waals surface area contributed by atoms with Crippen LogP contribution < -0.4 is 0 Å². The third-order valence-electron chi connectivity index (χ3n) is 2.55. The fraction of sp³-hybridized carbons (Fsp3) is 0.500. The van der Waals surface area contributed by atoms with Crippen LogP contribution in [0.3, 0.4) is 0 Å². The first-order valence-corrected chi connectivity index (χ1v) is 5.41. The fourth-order valence-electron chi connectivity index (χ4n) is 1.50. The molecule has 1 atom stereocenters. The number of rotatable bonds is 4. The van der Waals surface area contributed by atoms with Gasteiger partial charge in [-0.1, -0.05) is 37.6 Å². The van der Waals surface area contributed by atoms with Crippen LogP contribution in [0, 0.1) is 0 Å². The molecule has 0 aliphatic carbocycles. The normalized spacial score (nSPS) is 14.6. The van der Waals surface area contributed by atoms with Crippen LogP contribution in [0.1, 0.15) is 37.0 Å². The highest BCUT2D eigenvalue weighted by atomic mass is 19.4. The molecule has 0 heterocycles. The van der Waals surface area contributed by atoms with Gasteiger partial charge in [0.2, 0.25) is 0 Å². The summed E-state index contributed by atoms with van der Waals surface area (Å²) in [6.07, 6.45) is -5.79. The molecule has 0 spiro atoms. The van der Waals surface area contributed by atoms with E-state index < -0.39 is 23.8 Å². The quantitative estimate of drug-likeness (QED) is 0.710. The molecule has 0 bridgehead atoms. The lowest BCUT2D eigenvalue weighted by Gasteiger charge is -2.20. The van der Waals surface area contributed by atoms with Crippen molar-refractivity contribution in [3.8, 4) is 0 Å². The van der Waals surface area contributed by atoms with Gasteiger partial charge in [0.1, 0.15) is 6.10 Å². The third kappa shape index (κ3) is 2.98. The molecule has 0 N–H and O–H groups in total. The molecule has 101 valence electrons. The van der Waals surface area contributed by atoms with E-state index in [1.54, 1.807) is 6.92 Å². The van der Waals surface area contributed by atoms with E-state index in [9.17, 15) is 27.1 Å². The van der Waals surface area contributed by atoms with Gasteiger partial charge in [0.15, 0.2) is 0 Å². The highest BCUT2D eigenvalue weighted by Crippen LogP contribution is 2.43. The van der Waals surface area contributed by atoms with Crippen LogP contribution in [-0.2, 0) is 11.0 Å². The van der Waals surface area contributed by atoms with Crippen molar-refractivity contribution >= 4 is 0 Å². The molecule has 1 aromatic rings. The predicted molar refractivity (Wildman–Crippen MR) is 54.7 cm³/mol. The van der Waals surface area contributed by atoms with Gasteiger partial charge in [0.05, 0.1) is 0 Å². The topological polar surface area (TPSA) is 19.9 Å². The van der Waals surface area contributed by atoms with Gasteiger partial charge in [0, 0.05) is 5.56 Å². The summed E-state index contributed by atoms with van der Waals surface area (Å²) in [6, 6.07) is 3.37. The van der Waals surface area contributed by atoms with E-state index in [0.717, 1.165) is 12.1 Å². The molecule has 1 radical (unpaired) electrons. The summed E-state index contributed by atoms with van der Waals surface area (Å²) in [6.45, 7) is 1.79. The standard InChI is InChI=1S/C12H12F5O/c1-2-3-10(18)8-4-6-9(7-5-8)11(13,14)12(15,16)17/h4-7,10H,2-3H2,1H3. The summed E-state index contributed by atoms with van der Waals surface area (Å²) < 4.78 is 62.1. The maximum absolute atomic E-state index is 12.9. The van der Waals surface area contributed by atoms with Gasteiger partial charge < -0.3 is 0 Å². The molecule has 6 heteroatoms. The Morgan fingerprint density at radius 1 is 1.06 bits per heavy atom. The van der Waals surface area contributed by atoms with Crippen LogP contribution in [0.15, 0.2) is 24.3 Å². The Morgan fingerprint density at radius 3 is 1.94 bits per heavy atom. The lowest BCUT2D eigenvalue weighted by atomic mass is 10.0. The first kappa shape index (κ1) is 14.9. The Balaban J connectivity index is 2.96. The number of alkyl halides is 5. The van der Waals surface area contributed by atoms with E-state index in [4.69, 9.17) is 0 Å². The summed E-state index contributed by atoms with van der Waals surface area (Å²) in [7, 11) is 0. The van der Waals surface area contributed by atoms with E-state index in [2.05, 4.69) is 0 Å². The monoisotopic (exact) mass is 267 g/mol. The van der Waals surface area contributed by atoms with Crippen molar-refractivity contribution in [3.05, 3.63) is 35.4 Å². The molecule has 0 saturated heterocycles. The second kappa shape index (κ2) is 5.22. The summed E-state index contributed by atoms with van der Waals surface area (Å²) in [5, 5.41) is 11.5. The Bertz CT molecular complexity index is 382. The molecule has 0 saturated carbocycles. The first-order chi connectivity index (χ1) is 8.20. The Morgan fingerprint density at radius 2 is 1.56 bits per heavy atom. The van der Waals surface area contributed by atoms with Crippen LogP contribution in [0.5, 0.6) is 0 Å². The van der Waals surface area contributed by atoms with Gasteiger partial charge in [-0.15, -0.1) is 0 Å². The molecule has 0 aromatic heterocycles. The summed E-state index contributed by atoms with van der Waals surface area (Å²) in [4.78, 5) is 0. The van der Waals surface area contributed by atoms with Gasteiger partial charge in [-0.2, -0.15) is 22.0 Å². The Labute approximate surface area is 101 Å². The van der Waals surface area contributed by atoms with E-state index in [1.165, 1.54) is 0 Å². The smallest absolute Gasteiger partial charge is 0.228 e. The largest absolute Gasteiger partial charge is 0.458 e. The first-order valence-electron chi connectivity index (χ1n) is 5.41. The van der Waals surface area contributed by atoms with Gasteiger partial charge in [-0.25, -0.2) is 5.11 Å². The van der Waals surface area contributed by atoms with Crippen LogP contribution in [0.25, 0.3) is 0 Å². The summed E-state index contributed by atoms with van der Waals surface area (Å²) in [5.74, 6) is -4.89. The third-order valence-corrected chi connectivity index (χ3v) is 2.55. The minimum atomic E-state index is -5.63. The Hall–Kier alpha value is -1.17. The molecule has 0 aliphatic rings. The molecule has 0 aliphatic heterocycles. The molecule has 1 rings (SSSR count). The van der Waals surface area contributed by atoms with E-state index in [0.29, 0.717) is 25.0 Å². The molecule has 0 amide bonds. The molecular formula is C12H12F5O. The maximum atomic E-state index is 12.9. The second-order valence-corrected chi connectivity index (χ2v) is 3.97. The maximum Gasteiger partial charge on any atom is 0.458 e. The second-order valence-electron chi connectivity index (χ2n) is 3.97. The Kier molecular flexibility index (Phi) is 4.32.